The molecule has 2 aromatic heterocycles. The summed E-state index contributed by atoms with van der Waals surface area (Å²) in [5, 5.41) is 4.24. The molecule has 1 aliphatic rings. The van der Waals surface area contributed by atoms with E-state index in [0.29, 0.717) is 5.95 Å². The van der Waals surface area contributed by atoms with Crippen LogP contribution < -0.4 is 5.32 Å². The summed E-state index contributed by atoms with van der Waals surface area (Å²) >= 11 is 1.45. The van der Waals surface area contributed by atoms with Crippen LogP contribution in [0.15, 0.2) is 35.4 Å². The molecular formula is C21H27N5O3S2. The van der Waals surface area contributed by atoms with Crippen molar-refractivity contribution in [3.63, 3.8) is 0 Å². The van der Waals surface area contributed by atoms with Crippen LogP contribution in [0.3, 0.4) is 0 Å². The van der Waals surface area contributed by atoms with Crippen molar-refractivity contribution in [2.24, 2.45) is 0 Å². The third-order valence-electron chi connectivity index (χ3n) is 5.52. The largest absolute Gasteiger partial charge is 0.354 e. The number of piperazine rings is 1. The number of aryl methyl sites for hydroxylation is 1. The van der Waals surface area contributed by atoms with E-state index >= 15 is 0 Å². The van der Waals surface area contributed by atoms with Crippen molar-refractivity contribution in [1.82, 2.24) is 19.8 Å². The number of fused-ring (bicyclic) bond motifs is 1. The van der Waals surface area contributed by atoms with E-state index < -0.39 is 10.1 Å². The number of aromatic nitrogens is 2. The molecule has 1 aromatic carbocycles. The molecule has 0 atom stereocenters. The Balaban J connectivity index is 1.44. The van der Waals surface area contributed by atoms with E-state index in [1.807, 2.05) is 13.0 Å². The van der Waals surface area contributed by atoms with Crippen LogP contribution >= 0.6 is 11.3 Å². The van der Waals surface area contributed by atoms with Crippen molar-refractivity contribution >= 4 is 37.5 Å². The highest BCUT2D eigenvalue weighted by Crippen LogP contribution is 2.35. The Labute approximate surface area is 186 Å². The van der Waals surface area contributed by atoms with Gasteiger partial charge in [0.25, 0.3) is 10.1 Å². The van der Waals surface area contributed by atoms with Crippen molar-refractivity contribution in [3.8, 4) is 10.6 Å². The highest BCUT2D eigenvalue weighted by atomic mass is 32.2. The van der Waals surface area contributed by atoms with Crippen molar-refractivity contribution in [1.29, 1.82) is 0 Å². The van der Waals surface area contributed by atoms with Gasteiger partial charge in [0.15, 0.2) is 0 Å². The first-order chi connectivity index (χ1) is 14.8. The fourth-order valence-electron chi connectivity index (χ4n) is 3.64. The summed E-state index contributed by atoms with van der Waals surface area (Å²) in [6.07, 6.45) is 2.83. The number of likely N-dealkylation sites (N-methyl/N-ethyl adjacent to an activating group) is 1. The Hall–Kier alpha value is -2.11. The predicted octanol–water partition coefficient (Wildman–Crippen LogP) is 2.96. The number of anilines is 1. The van der Waals surface area contributed by atoms with Crippen LogP contribution in [0.4, 0.5) is 5.95 Å². The molecule has 8 nitrogen and oxygen atoms in total. The topological polar surface area (TPSA) is 98.7 Å². The monoisotopic (exact) mass is 461 g/mol. The molecule has 2 N–H and O–H groups in total. The van der Waals surface area contributed by atoms with E-state index in [0.717, 1.165) is 71.9 Å². The molecule has 0 spiro atoms. The van der Waals surface area contributed by atoms with E-state index in [1.54, 1.807) is 12.3 Å². The van der Waals surface area contributed by atoms with Crippen LogP contribution in [0.5, 0.6) is 0 Å². The van der Waals surface area contributed by atoms with Crippen molar-refractivity contribution < 1.29 is 13.0 Å². The van der Waals surface area contributed by atoms with Crippen molar-refractivity contribution in [3.05, 3.63) is 36.0 Å². The molecular weight excluding hydrogens is 434 g/mol. The summed E-state index contributed by atoms with van der Waals surface area (Å²) < 4.78 is 32.9. The van der Waals surface area contributed by atoms with Gasteiger partial charge in [-0.25, -0.2) is 9.97 Å². The summed E-state index contributed by atoms with van der Waals surface area (Å²) in [5.41, 5.74) is 1.77. The molecule has 1 fully saturated rings. The third-order valence-corrected chi connectivity index (χ3v) is 7.48. The van der Waals surface area contributed by atoms with Crippen LogP contribution in [0.25, 0.3) is 20.7 Å². The van der Waals surface area contributed by atoms with Crippen LogP contribution in [-0.2, 0) is 10.1 Å². The predicted molar refractivity (Wildman–Crippen MR) is 124 cm³/mol. The highest BCUT2D eigenvalue weighted by Gasteiger charge is 2.15. The molecule has 31 heavy (non-hydrogen) atoms. The first-order valence-corrected chi connectivity index (χ1v) is 12.5. The lowest BCUT2D eigenvalue weighted by molar-refractivity contribution is 0.154. The number of nitrogens with one attached hydrogen (secondary N) is 1. The van der Waals surface area contributed by atoms with Gasteiger partial charge in [0.2, 0.25) is 5.95 Å². The lowest BCUT2D eigenvalue weighted by atomic mass is 10.2. The summed E-state index contributed by atoms with van der Waals surface area (Å²) in [7, 11) is -2.06. The molecule has 1 saturated heterocycles. The van der Waals surface area contributed by atoms with Gasteiger partial charge < -0.3 is 15.1 Å². The molecule has 4 rings (SSSR count). The second-order valence-electron chi connectivity index (χ2n) is 7.94. The average Bonchev–Trinajstić information content (AvgIpc) is 3.16. The van der Waals surface area contributed by atoms with E-state index in [4.69, 9.17) is 4.98 Å². The maximum absolute atomic E-state index is 11.4. The number of rotatable bonds is 7. The Morgan fingerprint density at radius 2 is 1.97 bits per heavy atom. The summed E-state index contributed by atoms with van der Waals surface area (Å²) in [6, 6.07) is 6.59. The molecule has 166 valence electrons. The molecule has 3 aromatic rings. The summed E-state index contributed by atoms with van der Waals surface area (Å²) in [4.78, 5) is 14.8. The standard InChI is InChI=1S/C21H27N5O3S2/c1-15-14-23-21(22-6-3-7-26-10-8-25(2)9-11-26)24-20(15)19-12-16-4-5-17(31(27,28)29)13-18(16)30-19/h4-5,12-14H,3,6-11H2,1-2H3,(H,22,23,24)(H,27,28,29). The second-order valence-corrected chi connectivity index (χ2v) is 10.4. The minimum Gasteiger partial charge on any atom is -0.354 e. The van der Waals surface area contributed by atoms with Crippen LogP contribution in [-0.4, -0.2) is 79.1 Å². The molecule has 3 heterocycles. The third kappa shape index (κ3) is 5.39. The Morgan fingerprint density at radius 3 is 2.71 bits per heavy atom. The molecule has 0 saturated carbocycles. The van der Waals surface area contributed by atoms with Gasteiger partial charge in [0, 0.05) is 43.6 Å². The van der Waals surface area contributed by atoms with Gasteiger partial charge in [-0.2, -0.15) is 8.42 Å². The zero-order valence-corrected chi connectivity index (χ0v) is 19.3. The van der Waals surface area contributed by atoms with Crippen LogP contribution in [0, 0.1) is 6.92 Å². The number of nitrogens with zero attached hydrogens (tertiary/aromatic N) is 4. The maximum Gasteiger partial charge on any atom is 0.294 e. The van der Waals surface area contributed by atoms with Crippen LogP contribution in [0.2, 0.25) is 0 Å². The zero-order chi connectivity index (χ0) is 22.0. The fraction of sp³-hybridized carbons (Fsp3) is 0.429. The molecule has 0 bridgehead atoms. The fourth-order valence-corrected chi connectivity index (χ4v) is 5.38. The minimum atomic E-state index is -4.22. The normalized spacial score (nSPS) is 16.1. The van der Waals surface area contributed by atoms with Gasteiger partial charge in [-0.1, -0.05) is 6.07 Å². The maximum atomic E-state index is 11.4. The molecule has 0 aliphatic carbocycles. The Morgan fingerprint density at radius 1 is 1.19 bits per heavy atom. The summed E-state index contributed by atoms with van der Waals surface area (Å²) in [6.45, 7) is 8.31. The average molecular weight is 462 g/mol. The van der Waals surface area contributed by atoms with Gasteiger partial charge in [-0.3, -0.25) is 4.55 Å². The molecule has 0 radical (unpaired) electrons. The smallest absolute Gasteiger partial charge is 0.294 e. The van der Waals surface area contributed by atoms with Gasteiger partial charge in [-0.05, 0) is 56.1 Å². The molecule has 1 aliphatic heterocycles. The Bertz CT molecular complexity index is 1170. The molecule has 10 heteroatoms. The minimum absolute atomic E-state index is 0.101. The van der Waals surface area contributed by atoms with Gasteiger partial charge in [-0.15, -0.1) is 11.3 Å². The highest BCUT2D eigenvalue weighted by molar-refractivity contribution is 7.85. The first-order valence-electron chi connectivity index (χ1n) is 10.3. The van der Waals surface area contributed by atoms with Gasteiger partial charge >= 0.3 is 0 Å². The zero-order valence-electron chi connectivity index (χ0n) is 17.7. The van der Waals surface area contributed by atoms with Crippen molar-refractivity contribution in [2.45, 2.75) is 18.2 Å². The lowest BCUT2D eigenvalue weighted by Gasteiger charge is -2.32. The van der Waals surface area contributed by atoms with E-state index in [2.05, 4.69) is 27.1 Å². The van der Waals surface area contributed by atoms with E-state index in [1.165, 1.54) is 23.5 Å². The van der Waals surface area contributed by atoms with Gasteiger partial charge in [0.1, 0.15) is 0 Å². The number of benzene rings is 1. The Kier molecular flexibility index (Phi) is 6.54. The quantitative estimate of drug-likeness (QED) is 0.409. The van der Waals surface area contributed by atoms with E-state index in [9.17, 15) is 13.0 Å². The van der Waals surface area contributed by atoms with Crippen molar-refractivity contribution in [2.75, 3.05) is 51.6 Å². The lowest BCUT2D eigenvalue weighted by Crippen LogP contribution is -2.44. The number of thiophene rings is 1. The first kappa shape index (κ1) is 22.1. The van der Waals surface area contributed by atoms with E-state index in [-0.39, 0.29) is 4.90 Å². The number of hydrogen-bond acceptors (Lipinski definition) is 8. The second kappa shape index (κ2) is 9.17. The molecule has 0 unspecified atom stereocenters. The number of hydrogen-bond donors (Lipinski definition) is 2. The SMILES string of the molecule is Cc1cnc(NCCCN2CCN(C)CC2)nc1-c1cc2ccc(S(=O)(=O)O)cc2s1. The van der Waals surface area contributed by atoms with Gasteiger partial charge in [0.05, 0.1) is 15.5 Å². The van der Waals surface area contributed by atoms with Crippen LogP contribution in [0.1, 0.15) is 12.0 Å². The molecule has 0 amide bonds. The summed E-state index contributed by atoms with van der Waals surface area (Å²) in [5.74, 6) is 0.593.